The Kier molecular flexibility index (Phi) is 4.08. The molecule has 14 heavy (non-hydrogen) atoms. The van der Waals surface area contributed by atoms with E-state index in [4.69, 9.17) is 0 Å². The first kappa shape index (κ1) is 10.7. The minimum absolute atomic E-state index is 0.160. The molecule has 0 nitrogen and oxygen atoms in total. The molecule has 0 amide bonds. The lowest BCUT2D eigenvalue weighted by molar-refractivity contribution is 0.742. The molecule has 1 aliphatic rings. The Labute approximate surface area is 101 Å². The van der Waals surface area contributed by atoms with Crippen molar-refractivity contribution >= 4 is 40.3 Å². The normalized spacial score (nSPS) is 15.9. The maximum absolute atomic E-state index is 3.60. The fourth-order valence-corrected chi connectivity index (χ4v) is 3.44. The van der Waals surface area contributed by atoms with Crippen molar-refractivity contribution in [2.24, 2.45) is 0 Å². The largest absolute Gasteiger partial charge is 0.506 e. The first-order chi connectivity index (χ1) is 6.90. The molecular weight excluding hydrogens is 248 g/mol. The lowest BCUT2D eigenvalue weighted by Gasteiger charge is -2.13. The minimum atomic E-state index is -0.160. The average Bonchev–Trinajstić information content (AvgIpc) is 2.30. The summed E-state index contributed by atoms with van der Waals surface area (Å²) < 4.78 is 1.49. The summed E-state index contributed by atoms with van der Waals surface area (Å²) in [5.41, 5.74) is 2.99. The summed E-state index contributed by atoms with van der Waals surface area (Å²) >= 11 is 3.44. The van der Waals surface area contributed by atoms with Gasteiger partial charge in [0.25, 0.3) is 0 Å². The molecule has 0 spiro atoms. The Morgan fingerprint density at radius 2 is 1.86 bits per heavy atom. The molecule has 70 valence electrons. The maximum atomic E-state index is 3.60. The molecule has 2 heteroatoms. The Hall–Kier alpha value is 0.206. The zero-order valence-corrected chi connectivity index (χ0v) is 11.3. The van der Waals surface area contributed by atoms with Crippen LogP contribution >= 0.6 is 12.9 Å². The van der Waals surface area contributed by atoms with Crippen molar-refractivity contribution in [2.45, 2.75) is 25.7 Å². The summed E-state index contributed by atoms with van der Waals surface area (Å²) in [5, 5.41) is 0. The molecule has 0 atom stereocenters. The smallest absolute Gasteiger partial charge is 0.296 e. The van der Waals surface area contributed by atoms with Gasteiger partial charge in [-0.1, -0.05) is 30.3 Å². The summed E-state index contributed by atoms with van der Waals surface area (Å²) in [5.74, 6) is 0. The number of hydrogen-bond donors (Lipinski definition) is 0. The van der Waals surface area contributed by atoms with E-state index in [9.17, 15) is 0 Å². The molecule has 0 saturated carbocycles. The van der Waals surface area contributed by atoms with E-state index in [2.05, 4.69) is 43.2 Å². The van der Waals surface area contributed by atoms with Crippen molar-refractivity contribution < 1.29 is 0 Å². The molecule has 0 saturated heterocycles. The van der Waals surface area contributed by atoms with E-state index in [1.807, 2.05) is 0 Å². The van der Waals surface area contributed by atoms with Gasteiger partial charge in [-0.05, 0) is 36.8 Å². The van der Waals surface area contributed by atoms with Crippen LogP contribution in [-0.2, 0) is 0 Å². The van der Waals surface area contributed by atoms with Crippen LogP contribution in [0, 0.1) is 0 Å². The average molecular weight is 261 g/mol. The SMILES string of the molecule is [Br][Mg][c]1ccc(C2=CCCCC2)cc1. The molecule has 0 aliphatic heterocycles. The molecule has 1 aromatic rings. The van der Waals surface area contributed by atoms with Crippen LogP contribution in [0.25, 0.3) is 5.57 Å². The van der Waals surface area contributed by atoms with E-state index >= 15 is 0 Å². The molecule has 0 bridgehead atoms. The molecule has 0 radical (unpaired) electrons. The van der Waals surface area contributed by atoms with Gasteiger partial charge in [0.05, 0.1) is 0 Å². The Morgan fingerprint density at radius 1 is 1.07 bits per heavy atom. The Morgan fingerprint density at radius 3 is 2.43 bits per heavy atom. The van der Waals surface area contributed by atoms with E-state index in [1.54, 1.807) is 5.57 Å². The summed E-state index contributed by atoms with van der Waals surface area (Å²) in [7, 11) is 0. The van der Waals surface area contributed by atoms with Crippen LogP contribution in [-0.4, -0.2) is 18.2 Å². The highest BCUT2D eigenvalue weighted by Crippen LogP contribution is 2.25. The van der Waals surface area contributed by atoms with Gasteiger partial charge in [0.1, 0.15) is 0 Å². The second kappa shape index (κ2) is 5.33. The third kappa shape index (κ3) is 2.62. The van der Waals surface area contributed by atoms with Crippen molar-refractivity contribution in [1.29, 1.82) is 0 Å². The molecule has 1 aromatic carbocycles. The first-order valence-corrected chi connectivity index (χ1v) is 9.85. The second-order valence-electron chi connectivity index (χ2n) is 3.81. The monoisotopic (exact) mass is 260 g/mol. The number of hydrogen-bond acceptors (Lipinski definition) is 0. The standard InChI is InChI=1S/C12H13.BrH.Mg/c1-3-7-11(8-4-1)12-9-5-2-6-10-12;;/h5-7,9-10H,1,3-4,8H2;1H;/q;;+1/p-1. The quantitative estimate of drug-likeness (QED) is 0.717. The number of rotatable bonds is 2. The van der Waals surface area contributed by atoms with Gasteiger partial charge in [0.15, 0.2) is 0 Å². The summed E-state index contributed by atoms with van der Waals surface area (Å²) in [4.78, 5) is 0. The van der Waals surface area contributed by atoms with Gasteiger partial charge in [-0.15, -0.1) is 0 Å². The molecule has 0 aromatic heterocycles. The minimum Gasteiger partial charge on any atom is -0.296 e. The van der Waals surface area contributed by atoms with Gasteiger partial charge in [-0.2, -0.15) is 3.69 Å². The van der Waals surface area contributed by atoms with E-state index < -0.39 is 0 Å². The Bertz CT molecular complexity index is 327. The van der Waals surface area contributed by atoms with Crippen molar-refractivity contribution in [1.82, 2.24) is 0 Å². The van der Waals surface area contributed by atoms with Crippen molar-refractivity contribution in [3.8, 4) is 0 Å². The third-order valence-electron chi connectivity index (χ3n) is 2.77. The molecule has 0 heterocycles. The molecule has 0 fully saturated rings. The predicted octanol–water partition coefficient (Wildman–Crippen LogP) is 3.28. The van der Waals surface area contributed by atoms with E-state index in [0.717, 1.165) is 0 Å². The highest BCUT2D eigenvalue weighted by Gasteiger charge is 2.05. The summed E-state index contributed by atoms with van der Waals surface area (Å²) in [6.45, 7) is 0. The Balaban J connectivity index is 2.19. The highest BCUT2D eigenvalue weighted by molar-refractivity contribution is 9.23. The van der Waals surface area contributed by atoms with E-state index in [1.165, 1.54) is 34.9 Å². The van der Waals surface area contributed by atoms with E-state index in [-0.39, 0.29) is 18.2 Å². The topological polar surface area (TPSA) is 0 Å². The number of benzene rings is 1. The molecule has 0 unspecified atom stereocenters. The third-order valence-corrected chi connectivity index (χ3v) is 5.49. The van der Waals surface area contributed by atoms with Crippen molar-refractivity contribution in [3.05, 3.63) is 35.9 Å². The lowest BCUT2D eigenvalue weighted by atomic mass is 9.94. The predicted molar refractivity (Wildman–Crippen MR) is 67.2 cm³/mol. The van der Waals surface area contributed by atoms with Crippen LogP contribution in [0.3, 0.4) is 0 Å². The first-order valence-electron chi connectivity index (χ1n) is 5.24. The van der Waals surface area contributed by atoms with Crippen LogP contribution in [0.2, 0.25) is 0 Å². The lowest BCUT2D eigenvalue weighted by Crippen LogP contribution is -2.07. The van der Waals surface area contributed by atoms with Crippen LogP contribution in [0.4, 0.5) is 0 Å². The van der Waals surface area contributed by atoms with Crippen molar-refractivity contribution in [2.75, 3.05) is 0 Å². The molecular formula is C12H13BrMg. The van der Waals surface area contributed by atoms with E-state index in [0.29, 0.717) is 0 Å². The second-order valence-corrected chi connectivity index (χ2v) is 6.57. The molecule has 0 N–H and O–H groups in total. The number of halogens is 1. The zero-order valence-electron chi connectivity index (χ0n) is 8.30. The van der Waals surface area contributed by atoms with Crippen LogP contribution in [0.15, 0.2) is 30.3 Å². The van der Waals surface area contributed by atoms with Gasteiger partial charge in [-0.3, -0.25) is 12.9 Å². The van der Waals surface area contributed by atoms with Gasteiger partial charge in [0, 0.05) is 0 Å². The maximum Gasteiger partial charge on any atom is 0.506 e. The van der Waals surface area contributed by atoms with Gasteiger partial charge in [-0.25, -0.2) is 0 Å². The van der Waals surface area contributed by atoms with Crippen LogP contribution in [0.1, 0.15) is 31.2 Å². The fourth-order valence-electron chi connectivity index (χ4n) is 1.91. The fraction of sp³-hybridized carbons (Fsp3) is 0.333. The number of allylic oxidation sites excluding steroid dienone is 2. The van der Waals surface area contributed by atoms with Gasteiger partial charge < -0.3 is 0 Å². The van der Waals surface area contributed by atoms with Crippen LogP contribution < -0.4 is 3.69 Å². The zero-order chi connectivity index (χ0) is 9.80. The van der Waals surface area contributed by atoms with Gasteiger partial charge in [0.2, 0.25) is 0 Å². The van der Waals surface area contributed by atoms with Crippen LogP contribution in [0.5, 0.6) is 0 Å². The molecule has 2 rings (SSSR count). The summed E-state index contributed by atoms with van der Waals surface area (Å²) in [6, 6.07) is 9.10. The highest BCUT2D eigenvalue weighted by atomic mass is 79.9. The molecule has 1 aliphatic carbocycles. The summed E-state index contributed by atoms with van der Waals surface area (Å²) in [6.07, 6.45) is 7.68. The van der Waals surface area contributed by atoms with Crippen molar-refractivity contribution in [3.63, 3.8) is 0 Å². The van der Waals surface area contributed by atoms with Gasteiger partial charge >= 0.3 is 18.2 Å².